The monoisotopic (exact) mass is 249 g/mol. The summed E-state index contributed by atoms with van der Waals surface area (Å²) in [5, 5.41) is 0.740. The third-order valence-electron chi connectivity index (χ3n) is 2.92. The Labute approximate surface area is 106 Å². The highest BCUT2D eigenvalue weighted by molar-refractivity contribution is 6.32. The van der Waals surface area contributed by atoms with Gasteiger partial charge < -0.3 is 10.3 Å². The van der Waals surface area contributed by atoms with Crippen molar-refractivity contribution < 1.29 is 0 Å². The summed E-state index contributed by atoms with van der Waals surface area (Å²) in [4.78, 5) is 4.01. The number of hydrogen-bond donors (Lipinski definition) is 1. The highest BCUT2D eigenvalue weighted by Gasteiger charge is 2.08. The third kappa shape index (κ3) is 2.68. The van der Waals surface area contributed by atoms with Crippen LogP contribution in [-0.2, 0) is 0 Å². The molecule has 0 bridgehead atoms. The van der Waals surface area contributed by atoms with Gasteiger partial charge in [0.1, 0.15) is 0 Å². The molecule has 1 aromatic heterocycles. The van der Waals surface area contributed by atoms with Crippen molar-refractivity contribution in [2.24, 2.45) is 5.73 Å². The van der Waals surface area contributed by atoms with Crippen LogP contribution in [0, 0.1) is 0 Å². The van der Waals surface area contributed by atoms with Crippen LogP contribution < -0.4 is 5.73 Å². The van der Waals surface area contributed by atoms with Crippen molar-refractivity contribution in [1.82, 2.24) is 9.55 Å². The Kier molecular flexibility index (Phi) is 3.82. The van der Waals surface area contributed by atoms with Crippen molar-refractivity contribution in [3.8, 4) is 5.69 Å². The van der Waals surface area contributed by atoms with Gasteiger partial charge in [0.05, 0.1) is 17.0 Å². The molecule has 1 atom stereocenters. The maximum absolute atomic E-state index is 6.29. The Bertz CT molecular complexity index is 479. The zero-order chi connectivity index (χ0) is 12.3. The minimum atomic E-state index is 0.439. The Morgan fingerprint density at radius 2 is 2.29 bits per heavy atom. The van der Waals surface area contributed by atoms with Gasteiger partial charge in [0.15, 0.2) is 0 Å². The van der Waals surface area contributed by atoms with Crippen molar-refractivity contribution in [2.45, 2.75) is 19.3 Å². The molecule has 0 fully saturated rings. The second kappa shape index (κ2) is 5.34. The SMILES string of the molecule is CC(CCN)c1ccc(-n2ccnc2)c(Cl)c1. The molecule has 0 saturated heterocycles. The molecule has 0 aliphatic carbocycles. The molecule has 0 aliphatic rings. The number of hydrogen-bond acceptors (Lipinski definition) is 2. The smallest absolute Gasteiger partial charge is 0.0992 e. The van der Waals surface area contributed by atoms with E-state index < -0.39 is 0 Å². The minimum Gasteiger partial charge on any atom is -0.330 e. The highest BCUT2D eigenvalue weighted by Crippen LogP contribution is 2.26. The van der Waals surface area contributed by atoms with Crippen molar-refractivity contribution in [3.63, 3.8) is 0 Å². The molecule has 0 radical (unpaired) electrons. The number of nitrogens with two attached hydrogens (primary N) is 1. The summed E-state index contributed by atoms with van der Waals surface area (Å²) in [7, 11) is 0. The average molecular weight is 250 g/mol. The molecule has 0 aliphatic heterocycles. The molecule has 90 valence electrons. The fourth-order valence-electron chi connectivity index (χ4n) is 1.86. The highest BCUT2D eigenvalue weighted by atomic mass is 35.5. The summed E-state index contributed by atoms with van der Waals surface area (Å²) in [5.41, 5.74) is 7.74. The second-order valence-electron chi connectivity index (χ2n) is 4.16. The Balaban J connectivity index is 2.29. The zero-order valence-corrected chi connectivity index (χ0v) is 10.6. The van der Waals surface area contributed by atoms with Crippen LogP contribution in [0.1, 0.15) is 24.8 Å². The van der Waals surface area contributed by atoms with Crippen LogP contribution in [0.5, 0.6) is 0 Å². The molecule has 0 saturated carbocycles. The summed E-state index contributed by atoms with van der Waals surface area (Å²) < 4.78 is 1.90. The Morgan fingerprint density at radius 1 is 1.47 bits per heavy atom. The van der Waals surface area contributed by atoms with E-state index in [4.69, 9.17) is 17.3 Å². The van der Waals surface area contributed by atoms with Gasteiger partial charge in [0.25, 0.3) is 0 Å². The number of benzene rings is 1. The van der Waals surface area contributed by atoms with Gasteiger partial charge in [-0.1, -0.05) is 24.6 Å². The molecule has 17 heavy (non-hydrogen) atoms. The Morgan fingerprint density at radius 3 is 2.88 bits per heavy atom. The van der Waals surface area contributed by atoms with Crippen LogP contribution in [0.3, 0.4) is 0 Å². The van der Waals surface area contributed by atoms with E-state index in [2.05, 4.69) is 18.0 Å². The van der Waals surface area contributed by atoms with E-state index in [-0.39, 0.29) is 0 Å². The van der Waals surface area contributed by atoms with Crippen molar-refractivity contribution in [2.75, 3.05) is 6.54 Å². The lowest BCUT2D eigenvalue weighted by atomic mass is 9.98. The fourth-order valence-corrected chi connectivity index (χ4v) is 2.14. The number of rotatable bonds is 4. The molecule has 2 rings (SSSR count). The van der Waals surface area contributed by atoms with E-state index in [0.717, 1.165) is 17.1 Å². The molecule has 0 spiro atoms. The molecule has 4 heteroatoms. The van der Waals surface area contributed by atoms with Crippen LogP contribution >= 0.6 is 11.6 Å². The first-order chi connectivity index (χ1) is 8.22. The number of nitrogens with zero attached hydrogens (tertiary/aromatic N) is 2. The van der Waals surface area contributed by atoms with E-state index in [1.54, 1.807) is 12.5 Å². The lowest BCUT2D eigenvalue weighted by Gasteiger charge is -2.13. The molecule has 2 N–H and O–H groups in total. The average Bonchev–Trinajstić information content (AvgIpc) is 2.82. The van der Waals surface area contributed by atoms with Crippen LogP contribution in [0.15, 0.2) is 36.9 Å². The standard InChI is InChI=1S/C13H16ClN3/c1-10(4-5-15)11-2-3-13(12(14)8-11)17-7-6-16-9-17/h2-3,6-10H,4-5,15H2,1H3. The maximum Gasteiger partial charge on any atom is 0.0992 e. The number of aromatic nitrogens is 2. The van der Waals surface area contributed by atoms with Gasteiger partial charge in [-0.25, -0.2) is 4.98 Å². The van der Waals surface area contributed by atoms with E-state index in [0.29, 0.717) is 12.5 Å². The summed E-state index contributed by atoms with van der Waals surface area (Å²) in [6.45, 7) is 2.86. The van der Waals surface area contributed by atoms with Gasteiger partial charge in [-0.3, -0.25) is 0 Å². The third-order valence-corrected chi connectivity index (χ3v) is 3.23. The van der Waals surface area contributed by atoms with Gasteiger partial charge >= 0.3 is 0 Å². The lowest BCUT2D eigenvalue weighted by Crippen LogP contribution is -2.05. The van der Waals surface area contributed by atoms with Gasteiger partial charge in [-0.15, -0.1) is 0 Å². The summed E-state index contributed by atoms with van der Waals surface area (Å²) in [5.74, 6) is 0.439. The quantitative estimate of drug-likeness (QED) is 0.905. The second-order valence-corrected chi connectivity index (χ2v) is 4.57. The molecule has 2 aromatic rings. The van der Waals surface area contributed by atoms with Crippen molar-refractivity contribution >= 4 is 11.6 Å². The topological polar surface area (TPSA) is 43.8 Å². The number of halogens is 1. The van der Waals surface area contributed by atoms with Crippen LogP contribution in [-0.4, -0.2) is 16.1 Å². The van der Waals surface area contributed by atoms with Gasteiger partial charge in [-0.2, -0.15) is 0 Å². The van der Waals surface area contributed by atoms with Gasteiger partial charge in [-0.05, 0) is 36.6 Å². The lowest BCUT2D eigenvalue weighted by molar-refractivity contribution is 0.690. The first-order valence-corrected chi connectivity index (χ1v) is 6.08. The predicted molar refractivity (Wildman–Crippen MR) is 70.7 cm³/mol. The van der Waals surface area contributed by atoms with E-state index in [1.165, 1.54) is 5.56 Å². The molecule has 1 heterocycles. The number of imidazole rings is 1. The van der Waals surface area contributed by atoms with E-state index >= 15 is 0 Å². The molecule has 0 amide bonds. The van der Waals surface area contributed by atoms with Gasteiger partial charge in [0, 0.05) is 12.4 Å². The molecular formula is C13H16ClN3. The van der Waals surface area contributed by atoms with Crippen LogP contribution in [0.25, 0.3) is 5.69 Å². The van der Waals surface area contributed by atoms with Crippen LogP contribution in [0.2, 0.25) is 5.02 Å². The maximum atomic E-state index is 6.29. The predicted octanol–water partition coefficient (Wildman–Crippen LogP) is 2.98. The van der Waals surface area contributed by atoms with Crippen molar-refractivity contribution in [1.29, 1.82) is 0 Å². The minimum absolute atomic E-state index is 0.439. The van der Waals surface area contributed by atoms with Crippen molar-refractivity contribution in [3.05, 3.63) is 47.5 Å². The summed E-state index contributed by atoms with van der Waals surface area (Å²) in [6.07, 6.45) is 6.33. The Hall–Kier alpha value is -1.32. The first-order valence-electron chi connectivity index (χ1n) is 5.70. The zero-order valence-electron chi connectivity index (χ0n) is 9.81. The largest absolute Gasteiger partial charge is 0.330 e. The fraction of sp³-hybridized carbons (Fsp3) is 0.308. The molecule has 3 nitrogen and oxygen atoms in total. The molecule has 1 unspecified atom stereocenters. The van der Waals surface area contributed by atoms with Gasteiger partial charge in [0.2, 0.25) is 0 Å². The summed E-state index contributed by atoms with van der Waals surface area (Å²) in [6, 6.07) is 6.13. The molecular weight excluding hydrogens is 234 g/mol. The normalized spacial score (nSPS) is 12.6. The summed E-state index contributed by atoms with van der Waals surface area (Å²) >= 11 is 6.29. The molecule has 1 aromatic carbocycles. The van der Waals surface area contributed by atoms with E-state index in [9.17, 15) is 0 Å². The first kappa shape index (κ1) is 12.1. The van der Waals surface area contributed by atoms with Crippen LogP contribution in [0.4, 0.5) is 0 Å². The van der Waals surface area contributed by atoms with E-state index in [1.807, 2.05) is 22.9 Å².